The smallest absolute Gasteiger partial charge is 0.369 e. The quantitative estimate of drug-likeness (QED) is 0.691. The minimum absolute atomic E-state index is 0. The summed E-state index contributed by atoms with van der Waals surface area (Å²) in [6.07, 6.45) is 0. The van der Waals surface area contributed by atoms with Crippen LogP contribution in [0.2, 0.25) is 0 Å². The van der Waals surface area contributed by atoms with Crippen molar-refractivity contribution in [1.82, 2.24) is 6.15 Å². The molecule has 0 aromatic heterocycles. The van der Waals surface area contributed by atoms with Gasteiger partial charge in [-0.05, 0) is 25.2 Å². The zero-order valence-corrected chi connectivity index (χ0v) is 9.91. The largest absolute Gasteiger partial charge is 0.389 e. The van der Waals surface area contributed by atoms with Gasteiger partial charge in [-0.1, -0.05) is 6.92 Å². The van der Waals surface area contributed by atoms with Crippen LogP contribution in [0, 0.1) is 0 Å². The Labute approximate surface area is 78.3 Å². The Morgan fingerprint density at radius 2 is 1.58 bits per heavy atom. The lowest BCUT2D eigenvalue weighted by atomic mass is 10.9. The highest BCUT2D eigenvalue weighted by Crippen LogP contribution is 2.60. The van der Waals surface area contributed by atoms with Gasteiger partial charge in [0, 0.05) is 5.75 Å². The SMILES string of the molecule is CCOP(=O)(OCC)SCC.[NH4+]. The second-order valence-electron chi connectivity index (χ2n) is 1.70. The molecule has 0 radical (unpaired) electrons. The summed E-state index contributed by atoms with van der Waals surface area (Å²) in [4.78, 5) is 0. The minimum atomic E-state index is -2.80. The second-order valence-corrected chi connectivity index (χ2v) is 6.06. The van der Waals surface area contributed by atoms with E-state index in [9.17, 15) is 4.57 Å². The highest BCUT2D eigenvalue weighted by Gasteiger charge is 2.22. The Hall–Kier alpha value is 0.460. The first-order valence-corrected chi connectivity index (χ1v) is 6.85. The molecule has 76 valence electrons. The van der Waals surface area contributed by atoms with E-state index in [1.54, 1.807) is 0 Å². The molecule has 0 bridgehead atoms. The third-order valence-corrected chi connectivity index (χ3v) is 4.94. The van der Waals surface area contributed by atoms with E-state index in [0.29, 0.717) is 13.2 Å². The summed E-state index contributed by atoms with van der Waals surface area (Å²) < 4.78 is 21.5. The molecule has 4 N–H and O–H groups in total. The van der Waals surface area contributed by atoms with E-state index < -0.39 is 6.80 Å². The Bertz CT molecular complexity index is 121. The molecule has 6 heteroatoms. The highest BCUT2D eigenvalue weighted by molar-refractivity contribution is 8.55. The predicted molar refractivity (Wildman–Crippen MR) is 55.0 cm³/mol. The molecule has 0 saturated carbocycles. The summed E-state index contributed by atoms with van der Waals surface area (Å²) in [6, 6.07) is 0. The molecular formula is C6H19NO3PS+. The fourth-order valence-electron chi connectivity index (χ4n) is 0.586. The van der Waals surface area contributed by atoms with Crippen molar-refractivity contribution >= 4 is 18.2 Å². The number of quaternary nitrogens is 1. The molecule has 12 heavy (non-hydrogen) atoms. The Morgan fingerprint density at radius 1 is 1.17 bits per heavy atom. The van der Waals surface area contributed by atoms with Gasteiger partial charge in [-0.3, -0.25) is 0 Å². The van der Waals surface area contributed by atoms with Crippen LogP contribution in [0.4, 0.5) is 0 Å². The van der Waals surface area contributed by atoms with E-state index in [1.807, 2.05) is 20.8 Å². The van der Waals surface area contributed by atoms with Crippen molar-refractivity contribution in [3.8, 4) is 0 Å². The molecular weight excluding hydrogens is 197 g/mol. The van der Waals surface area contributed by atoms with E-state index >= 15 is 0 Å². The molecule has 0 aliphatic carbocycles. The summed E-state index contributed by atoms with van der Waals surface area (Å²) in [5, 5.41) is 0. The van der Waals surface area contributed by atoms with Gasteiger partial charge < -0.3 is 15.2 Å². The van der Waals surface area contributed by atoms with Gasteiger partial charge in [-0.15, -0.1) is 0 Å². The molecule has 0 amide bonds. The van der Waals surface area contributed by atoms with Crippen LogP contribution in [0.5, 0.6) is 0 Å². The van der Waals surface area contributed by atoms with Crippen LogP contribution in [-0.4, -0.2) is 19.0 Å². The number of rotatable bonds is 6. The maximum absolute atomic E-state index is 11.5. The summed E-state index contributed by atoms with van der Waals surface area (Å²) in [5.74, 6) is 0.747. The van der Waals surface area contributed by atoms with Gasteiger partial charge >= 0.3 is 6.80 Å². The van der Waals surface area contributed by atoms with Crippen molar-refractivity contribution in [3.63, 3.8) is 0 Å². The normalized spacial score (nSPS) is 10.9. The molecule has 0 aliphatic rings. The van der Waals surface area contributed by atoms with Gasteiger partial charge in [-0.25, -0.2) is 4.57 Å². The molecule has 0 rings (SSSR count). The fraction of sp³-hybridized carbons (Fsp3) is 1.00. The topological polar surface area (TPSA) is 72.0 Å². The average Bonchev–Trinajstić information content (AvgIpc) is 1.88. The molecule has 0 aliphatic heterocycles. The van der Waals surface area contributed by atoms with E-state index in [1.165, 1.54) is 11.4 Å². The van der Waals surface area contributed by atoms with Gasteiger partial charge in [0.2, 0.25) is 0 Å². The monoisotopic (exact) mass is 216 g/mol. The van der Waals surface area contributed by atoms with Crippen LogP contribution < -0.4 is 6.15 Å². The maximum Gasteiger partial charge on any atom is 0.389 e. The lowest BCUT2D eigenvalue weighted by molar-refractivity contribution is 0.237. The number of hydrogen-bond donors (Lipinski definition) is 1. The van der Waals surface area contributed by atoms with Gasteiger partial charge in [0.25, 0.3) is 0 Å². The van der Waals surface area contributed by atoms with Gasteiger partial charge in [0.15, 0.2) is 0 Å². The van der Waals surface area contributed by atoms with Gasteiger partial charge in [0.05, 0.1) is 13.2 Å². The summed E-state index contributed by atoms with van der Waals surface area (Å²) in [7, 11) is 0. The van der Waals surface area contributed by atoms with Crippen LogP contribution in [-0.2, 0) is 13.6 Å². The van der Waals surface area contributed by atoms with Crippen LogP contribution in [0.25, 0.3) is 0 Å². The first-order valence-electron chi connectivity index (χ1n) is 3.72. The third-order valence-electron chi connectivity index (χ3n) is 0.862. The summed E-state index contributed by atoms with van der Waals surface area (Å²) in [6.45, 7) is 3.61. The molecule has 0 unspecified atom stereocenters. The Morgan fingerprint density at radius 3 is 1.83 bits per heavy atom. The van der Waals surface area contributed by atoms with Crippen LogP contribution in [0.3, 0.4) is 0 Å². The molecule has 0 fully saturated rings. The van der Waals surface area contributed by atoms with Crippen molar-refractivity contribution in [3.05, 3.63) is 0 Å². The minimum Gasteiger partial charge on any atom is -0.369 e. The molecule has 0 spiro atoms. The first-order chi connectivity index (χ1) is 5.18. The molecule has 0 saturated heterocycles. The predicted octanol–water partition coefficient (Wildman–Crippen LogP) is 3.30. The molecule has 0 heterocycles. The zero-order chi connectivity index (χ0) is 8.74. The van der Waals surface area contributed by atoms with Crippen molar-refractivity contribution in [1.29, 1.82) is 0 Å². The van der Waals surface area contributed by atoms with E-state index in [0.717, 1.165) is 5.75 Å². The molecule has 0 atom stereocenters. The lowest BCUT2D eigenvalue weighted by Crippen LogP contribution is -1.92. The second kappa shape index (κ2) is 8.08. The van der Waals surface area contributed by atoms with Crippen LogP contribution in [0.1, 0.15) is 20.8 Å². The standard InChI is InChI=1S/C6H15O3PS.H3N/c1-4-8-10(7,9-5-2)11-6-3;/h4-6H2,1-3H3;1H3/p+1. The van der Waals surface area contributed by atoms with Crippen molar-refractivity contribution < 1.29 is 13.6 Å². The van der Waals surface area contributed by atoms with Crippen LogP contribution in [0.15, 0.2) is 0 Å². The van der Waals surface area contributed by atoms with Gasteiger partial charge in [0.1, 0.15) is 0 Å². The lowest BCUT2D eigenvalue weighted by Gasteiger charge is -2.14. The average molecular weight is 216 g/mol. The summed E-state index contributed by atoms with van der Waals surface area (Å²) in [5.41, 5.74) is 0. The van der Waals surface area contributed by atoms with Crippen molar-refractivity contribution in [2.45, 2.75) is 20.8 Å². The molecule has 0 aromatic carbocycles. The van der Waals surface area contributed by atoms with Gasteiger partial charge in [-0.2, -0.15) is 0 Å². The van der Waals surface area contributed by atoms with E-state index in [4.69, 9.17) is 9.05 Å². The van der Waals surface area contributed by atoms with Crippen molar-refractivity contribution in [2.75, 3.05) is 19.0 Å². The number of hydrogen-bond acceptors (Lipinski definition) is 4. The zero-order valence-electron chi connectivity index (χ0n) is 8.20. The highest BCUT2D eigenvalue weighted by atomic mass is 32.7. The van der Waals surface area contributed by atoms with Crippen molar-refractivity contribution in [2.24, 2.45) is 0 Å². The molecule has 4 nitrogen and oxygen atoms in total. The first kappa shape index (κ1) is 15.0. The molecule has 0 aromatic rings. The van der Waals surface area contributed by atoms with E-state index in [2.05, 4.69) is 0 Å². The van der Waals surface area contributed by atoms with E-state index in [-0.39, 0.29) is 6.15 Å². The van der Waals surface area contributed by atoms with Crippen LogP contribution >= 0.6 is 18.2 Å². The summed E-state index contributed by atoms with van der Waals surface area (Å²) >= 11 is 1.24. The third kappa shape index (κ3) is 6.03. The fourth-order valence-corrected chi connectivity index (χ4v) is 3.79. The Kier molecular flexibility index (Phi) is 10.1. The Balaban J connectivity index is 0. The maximum atomic E-state index is 11.5.